The third-order valence-corrected chi connectivity index (χ3v) is 3.02. The first-order valence-corrected chi connectivity index (χ1v) is 4.97. The largest absolute Gasteiger partial charge is 0.409 e. The van der Waals surface area contributed by atoms with E-state index in [0.717, 1.165) is 0 Å². The molecule has 0 heterocycles. The zero-order valence-electron chi connectivity index (χ0n) is 8.53. The van der Waals surface area contributed by atoms with E-state index in [4.69, 9.17) is 10.9 Å². The van der Waals surface area contributed by atoms with Gasteiger partial charge >= 0.3 is 0 Å². The number of oxime groups is 1. The van der Waals surface area contributed by atoms with Gasteiger partial charge in [-0.3, -0.25) is 0 Å². The zero-order valence-corrected chi connectivity index (χ0v) is 8.53. The van der Waals surface area contributed by atoms with Crippen molar-refractivity contribution in [2.45, 2.75) is 18.5 Å². The zero-order chi connectivity index (χ0) is 11.8. The molecule has 0 atom stereocenters. The van der Waals surface area contributed by atoms with Crippen molar-refractivity contribution in [3.63, 3.8) is 0 Å². The highest BCUT2D eigenvalue weighted by molar-refractivity contribution is 5.83. The molecular formula is C11H12F2N2O. The van der Waals surface area contributed by atoms with Gasteiger partial charge in [-0.25, -0.2) is 8.78 Å². The second-order valence-corrected chi connectivity index (χ2v) is 4.11. The molecule has 2 rings (SSSR count). The highest BCUT2D eigenvalue weighted by atomic mass is 19.1. The molecule has 0 unspecified atom stereocenters. The second kappa shape index (κ2) is 3.73. The molecule has 1 aromatic rings. The molecule has 16 heavy (non-hydrogen) atoms. The van der Waals surface area contributed by atoms with Crippen molar-refractivity contribution in [3.8, 4) is 0 Å². The number of rotatable bonds is 2. The van der Waals surface area contributed by atoms with E-state index in [1.165, 1.54) is 18.2 Å². The van der Waals surface area contributed by atoms with Crippen LogP contribution < -0.4 is 5.73 Å². The van der Waals surface area contributed by atoms with Crippen LogP contribution in [0.1, 0.15) is 18.4 Å². The van der Waals surface area contributed by atoms with Crippen LogP contribution in [0.2, 0.25) is 0 Å². The van der Waals surface area contributed by atoms with Crippen LogP contribution in [0.3, 0.4) is 0 Å². The van der Waals surface area contributed by atoms with Gasteiger partial charge in [0.15, 0.2) is 0 Å². The summed E-state index contributed by atoms with van der Waals surface area (Å²) in [6.45, 7) is 0. The summed E-state index contributed by atoms with van der Waals surface area (Å²) in [4.78, 5) is 0. The summed E-state index contributed by atoms with van der Waals surface area (Å²) >= 11 is 0. The minimum Gasteiger partial charge on any atom is -0.409 e. The van der Waals surface area contributed by atoms with E-state index in [1.807, 2.05) is 0 Å². The summed E-state index contributed by atoms with van der Waals surface area (Å²) in [5.74, 6) is -0.690. The average molecular weight is 226 g/mol. The first-order chi connectivity index (χ1) is 7.55. The van der Waals surface area contributed by atoms with Crippen molar-refractivity contribution >= 4 is 5.84 Å². The molecule has 3 nitrogen and oxygen atoms in total. The maximum Gasteiger partial charge on any atom is 0.142 e. The number of hydrogen-bond donors (Lipinski definition) is 2. The molecule has 0 aromatic heterocycles. The van der Waals surface area contributed by atoms with E-state index >= 15 is 0 Å². The van der Waals surface area contributed by atoms with Crippen LogP contribution in [0.4, 0.5) is 8.78 Å². The average Bonchev–Trinajstić information content (AvgIpc) is 2.23. The lowest BCUT2D eigenvalue weighted by Crippen LogP contribution is -2.44. The van der Waals surface area contributed by atoms with E-state index in [-0.39, 0.29) is 24.6 Å². The monoisotopic (exact) mass is 226 g/mol. The third-order valence-electron chi connectivity index (χ3n) is 3.02. The van der Waals surface area contributed by atoms with E-state index in [1.54, 1.807) is 6.07 Å². The van der Waals surface area contributed by atoms with Gasteiger partial charge in [0.2, 0.25) is 0 Å². The number of amidine groups is 1. The highest BCUT2D eigenvalue weighted by Gasteiger charge is 2.48. The number of benzene rings is 1. The van der Waals surface area contributed by atoms with Gasteiger partial charge in [0.05, 0.1) is 0 Å². The van der Waals surface area contributed by atoms with Crippen molar-refractivity contribution in [2.24, 2.45) is 16.8 Å². The number of alkyl halides is 1. The fourth-order valence-corrected chi connectivity index (χ4v) is 2.01. The summed E-state index contributed by atoms with van der Waals surface area (Å²) in [5.41, 5.74) is 4.13. The van der Waals surface area contributed by atoms with E-state index < -0.39 is 11.5 Å². The summed E-state index contributed by atoms with van der Waals surface area (Å²) in [6, 6.07) is 5.48. The number of hydrogen-bond acceptors (Lipinski definition) is 2. The predicted molar refractivity (Wildman–Crippen MR) is 55.3 cm³/mol. The van der Waals surface area contributed by atoms with Crippen molar-refractivity contribution < 1.29 is 14.0 Å². The third kappa shape index (κ3) is 1.73. The number of nitrogens with zero attached hydrogens (tertiary/aromatic N) is 1. The molecule has 1 aliphatic carbocycles. The van der Waals surface area contributed by atoms with Crippen molar-refractivity contribution in [1.29, 1.82) is 0 Å². The molecule has 3 N–H and O–H groups in total. The Morgan fingerprint density at radius 3 is 2.75 bits per heavy atom. The van der Waals surface area contributed by atoms with Crippen LogP contribution in [0.25, 0.3) is 0 Å². The van der Waals surface area contributed by atoms with Gasteiger partial charge in [0.1, 0.15) is 17.3 Å². The van der Waals surface area contributed by atoms with Crippen LogP contribution in [-0.2, 0) is 5.67 Å². The Hall–Kier alpha value is -1.65. The topological polar surface area (TPSA) is 58.6 Å². The normalized spacial score (nSPS) is 29.9. The minimum atomic E-state index is -1.55. The summed E-state index contributed by atoms with van der Waals surface area (Å²) in [7, 11) is 0. The van der Waals surface area contributed by atoms with E-state index in [9.17, 15) is 8.78 Å². The van der Waals surface area contributed by atoms with E-state index in [0.29, 0.717) is 5.56 Å². The van der Waals surface area contributed by atoms with E-state index in [2.05, 4.69) is 5.16 Å². The Labute approximate surface area is 91.6 Å². The van der Waals surface area contributed by atoms with Crippen LogP contribution in [-0.4, -0.2) is 11.0 Å². The molecule has 0 amide bonds. The van der Waals surface area contributed by atoms with Gasteiger partial charge in [-0.1, -0.05) is 17.3 Å². The van der Waals surface area contributed by atoms with Gasteiger partial charge in [-0.15, -0.1) is 0 Å². The summed E-state index contributed by atoms with van der Waals surface area (Å²) < 4.78 is 27.1. The van der Waals surface area contributed by atoms with Gasteiger partial charge in [0, 0.05) is 5.92 Å². The molecule has 5 heteroatoms. The molecule has 1 saturated carbocycles. The Morgan fingerprint density at radius 1 is 1.50 bits per heavy atom. The summed E-state index contributed by atoms with van der Waals surface area (Å²) in [5, 5.41) is 11.3. The molecule has 0 radical (unpaired) electrons. The van der Waals surface area contributed by atoms with Gasteiger partial charge < -0.3 is 10.9 Å². The molecule has 0 bridgehead atoms. The SMILES string of the molecule is NC(=NO)C1CC(F)(c2cccc(F)c2)C1. The minimum absolute atomic E-state index is 0.0321. The number of nitrogens with two attached hydrogens (primary N) is 1. The van der Waals surface area contributed by atoms with Crippen LogP contribution in [0.5, 0.6) is 0 Å². The predicted octanol–water partition coefficient (Wildman–Crippen LogP) is 2.15. The maximum atomic E-state index is 14.2. The Bertz CT molecular complexity index is 428. The smallest absolute Gasteiger partial charge is 0.142 e. The summed E-state index contributed by atoms with van der Waals surface area (Å²) in [6.07, 6.45) is 0.263. The quantitative estimate of drug-likeness (QED) is 0.351. The molecule has 1 aliphatic rings. The first kappa shape index (κ1) is 10.9. The van der Waals surface area contributed by atoms with Gasteiger partial charge in [0.25, 0.3) is 0 Å². The lowest BCUT2D eigenvalue weighted by atomic mass is 9.68. The fourth-order valence-electron chi connectivity index (χ4n) is 2.01. The lowest BCUT2D eigenvalue weighted by molar-refractivity contribution is 0.0302. The van der Waals surface area contributed by atoms with Crippen molar-refractivity contribution in [3.05, 3.63) is 35.6 Å². The Kier molecular flexibility index (Phi) is 2.53. The standard InChI is InChI=1S/C11H12F2N2O/c12-9-3-1-2-8(4-9)11(13)5-7(6-11)10(14)15-16/h1-4,7,16H,5-6H2,(H2,14,15). The number of halogens is 2. The van der Waals surface area contributed by atoms with Crippen molar-refractivity contribution in [1.82, 2.24) is 0 Å². The van der Waals surface area contributed by atoms with Crippen LogP contribution in [0, 0.1) is 11.7 Å². The molecule has 1 fully saturated rings. The van der Waals surface area contributed by atoms with Crippen LogP contribution in [0.15, 0.2) is 29.4 Å². The highest BCUT2D eigenvalue weighted by Crippen LogP contribution is 2.49. The van der Waals surface area contributed by atoms with Crippen LogP contribution >= 0.6 is 0 Å². The fraction of sp³-hybridized carbons (Fsp3) is 0.364. The lowest BCUT2D eigenvalue weighted by Gasteiger charge is -2.40. The molecule has 0 aliphatic heterocycles. The molecule has 0 spiro atoms. The maximum absolute atomic E-state index is 14.2. The van der Waals surface area contributed by atoms with Gasteiger partial charge in [-0.2, -0.15) is 0 Å². The Morgan fingerprint density at radius 2 is 2.19 bits per heavy atom. The second-order valence-electron chi connectivity index (χ2n) is 4.11. The molecule has 1 aromatic carbocycles. The van der Waals surface area contributed by atoms with Crippen molar-refractivity contribution in [2.75, 3.05) is 0 Å². The molecule has 0 saturated heterocycles. The molecule has 86 valence electrons. The van der Waals surface area contributed by atoms with Gasteiger partial charge in [-0.05, 0) is 30.5 Å². The first-order valence-electron chi connectivity index (χ1n) is 4.97. The molecular weight excluding hydrogens is 214 g/mol. The Balaban J connectivity index is 2.13.